The zero-order chi connectivity index (χ0) is 17.1. The maximum Gasteiger partial charge on any atom is 0.309 e. The number of carbonyl (C=O) groups excluding carboxylic acids is 2. The number of carboxylic acids is 1. The Balaban J connectivity index is 2.33. The number of unbranched alkanes of at least 4 members (excludes halogenated alkanes) is 1. The molecule has 132 valence electrons. The number of aldehydes is 1. The zero-order valence-corrected chi connectivity index (χ0v) is 14.0. The number of carbonyl (C=O) groups is 3. The quantitative estimate of drug-likeness (QED) is 0.355. The third kappa shape index (κ3) is 8.69. The summed E-state index contributed by atoms with van der Waals surface area (Å²) in [5.74, 6) is -0.804. The summed E-state index contributed by atoms with van der Waals surface area (Å²) in [6.45, 7) is 2.17. The fourth-order valence-corrected chi connectivity index (χ4v) is 2.90. The van der Waals surface area contributed by atoms with Gasteiger partial charge in [0.2, 0.25) is 0 Å². The van der Waals surface area contributed by atoms with Crippen LogP contribution in [0.3, 0.4) is 0 Å². The molecule has 6 nitrogen and oxygen atoms in total. The first-order valence-electron chi connectivity index (χ1n) is 8.53. The van der Waals surface area contributed by atoms with E-state index in [0.717, 1.165) is 45.1 Å². The normalized spacial score (nSPS) is 17.6. The van der Waals surface area contributed by atoms with E-state index in [2.05, 4.69) is 4.90 Å². The number of ether oxygens (including phenoxy) is 1. The van der Waals surface area contributed by atoms with Gasteiger partial charge in [0.15, 0.2) is 0 Å². The van der Waals surface area contributed by atoms with Crippen molar-refractivity contribution < 1.29 is 24.2 Å². The van der Waals surface area contributed by atoms with Gasteiger partial charge < -0.3 is 19.5 Å². The average molecular weight is 327 g/mol. The van der Waals surface area contributed by atoms with Crippen LogP contribution in [0.15, 0.2) is 0 Å². The number of rotatable bonds is 11. The number of aliphatic carboxylic acids is 1. The maximum absolute atomic E-state index is 12.1. The van der Waals surface area contributed by atoms with Gasteiger partial charge in [-0.2, -0.15) is 0 Å². The SMILES string of the molecule is CN1CCC(C(=O)OCC(CCCC=O)CCCC(=O)O)CC1. The maximum atomic E-state index is 12.1. The second kappa shape index (κ2) is 11.2. The van der Waals surface area contributed by atoms with Crippen LogP contribution in [0.5, 0.6) is 0 Å². The van der Waals surface area contributed by atoms with E-state index >= 15 is 0 Å². The Morgan fingerprint density at radius 2 is 1.91 bits per heavy atom. The molecular weight excluding hydrogens is 298 g/mol. The molecule has 23 heavy (non-hydrogen) atoms. The van der Waals surface area contributed by atoms with Crippen molar-refractivity contribution in [3.05, 3.63) is 0 Å². The van der Waals surface area contributed by atoms with E-state index < -0.39 is 5.97 Å². The van der Waals surface area contributed by atoms with Crippen LogP contribution in [0.4, 0.5) is 0 Å². The summed E-state index contributed by atoms with van der Waals surface area (Å²) in [7, 11) is 2.05. The fraction of sp³-hybridized carbons (Fsp3) is 0.824. The van der Waals surface area contributed by atoms with E-state index in [-0.39, 0.29) is 24.2 Å². The lowest BCUT2D eigenvalue weighted by Crippen LogP contribution is -2.34. The third-order valence-corrected chi connectivity index (χ3v) is 4.45. The highest BCUT2D eigenvalue weighted by atomic mass is 16.5. The molecule has 1 N–H and O–H groups in total. The molecule has 0 aromatic heterocycles. The van der Waals surface area contributed by atoms with Gasteiger partial charge in [-0.25, -0.2) is 0 Å². The second-order valence-corrected chi connectivity index (χ2v) is 6.46. The number of nitrogens with zero attached hydrogens (tertiary/aromatic N) is 1. The number of carboxylic acid groups (broad SMARTS) is 1. The Hall–Kier alpha value is -1.43. The highest BCUT2D eigenvalue weighted by Gasteiger charge is 2.25. The summed E-state index contributed by atoms with van der Waals surface area (Å²) >= 11 is 0. The van der Waals surface area contributed by atoms with Crippen molar-refractivity contribution in [1.29, 1.82) is 0 Å². The number of hydrogen-bond acceptors (Lipinski definition) is 5. The van der Waals surface area contributed by atoms with Crippen LogP contribution >= 0.6 is 0 Å². The molecule has 0 spiro atoms. The standard InChI is InChI=1S/C17H29NO5/c1-18-10-8-15(9-11-18)17(22)23-13-14(5-2-3-12-19)6-4-7-16(20)21/h12,14-15H,2-11,13H2,1H3,(H,20,21). The lowest BCUT2D eigenvalue weighted by atomic mass is 9.95. The number of piperidine rings is 1. The fourth-order valence-electron chi connectivity index (χ4n) is 2.90. The second-order valence-electron chi connectivity index (χ2n) is 6.46. The summed E-state index contributed by atoms with van der Waals surface area (Å²) in [6.07, 6.45) is 6.03. The van der Waals surface area contributed by atoms with Gasteiger partial charge in [-0.15, -0.1) is 0 Å². The van der Waals surface area contributed by atoms with Crippen LogP contribution in [-0.4, -0.2) is 55.0 Å². The first-order chi connectivity index (χ1) is 11.0. The molecule has 1 atom stereocenters. The predicted octanol–water partition coefficient (Wildman–Crippen LogP) is 2.11. The molecule has 0 aliphatic carbocycles. The van der Waals surface area contributed by atoms with Gasteiger partial charge in [0.05, 0.1) is 12.5 Å². The van der Waals surface area contributed by atoms with Crippen molar-refractivity contribution in [3.63, 3.8) is 0 Å². The van der Waals surface area contributed by atoms with Gasteiger partial charge >= 0.3 is 11.9 Å². The van der Waals surface area contributed by atoms with Gasteiger partial charge in [-0.1, -0.05) is 0 Å². The van der Waals surface area contributed by atoms with Crippen molar-refractivity contribution >= 4 is 18.2 Å². The van der Waals surface area contributed by atoms with Crippen LogP contribution in [0, 0.1) is 11.8 Å². The van der Waals surface area contributed by atoms with E-state index in [1.807, 2.05) is 7.05 Å². The Morgan fingerprint density at radius 1 is 1.26 bits per heavy atom. The smallest absolute Gasteiger partial charge is 0.309 e. The topological polar surface area (TPSA) is 83.9 Å². The summed E-state index contributed by atoms with van der Waals surface area (Å²) in [5.41, 5.74) is 0. The first-order valence-corrected chi connectivity index (χ1v) is 8.53. The van der Waals surface area contributed by atoms with Crippen molar-refractivity contribution in [2.24, 2.45) is 11.8 Å². The van der Waals surface area contributed by atoms with Crippen LogP contribution in [-0.2, 0) is 19.1 Å². The van der Waals surface area contributed by atoms with Gasteiger partial charge in [-0.05, 0) is 64.6 Å². The molecule has 1 aliphatic rings. The van der Waals surface area contributed by atoms with Crippen LogP contribution in [0.2, 0.25) is 0 Å². The Bertz CT molecular complexity index is 377. The summed E-state index contributed by atoms with van der Waals surface area (Å²) in [4.78, 5) is 35.4. The van der Waals surface area contributed by atoms with Crippen molar-refractivity contribution in [3.8, 4) is 0 Å². The lowest BCUT2D eigenvalue weighted by molar-refractivity contribution is -0.151. The molecule has 0 aromatic rings. The average Bonchev–Trinajstić information content (AvgIpc) is 2.52. The van der Waals surface area contributed by atoms with Gasteiger partial charge in [-0.3, -0.25) is 9.59 Å². The molecule has 6 heteroatoms. The van der Waals surface area contributed by atoms with E-state index in [1.165, 1.54) is 0 Å². The Morgan fingerprint density at radius 3 is 2.52 bits per heavy atom. The zero-order valence-electron chi connectivity index (χ0n) is 14.0. The molecule has 0 aromatic carbocycles. The first kappa shape index (κ1) is 19.6. The summed E-state index contributed by atoms with van der Waals surface area (Å²) in [5, 5.41) is 8.71. The molecule has 0 amide bonds. The molecule has 1 unspecified atom stereocenters. The van der Waals surface area contributed by atoms with Crippen LogP contribution in [0.25, 0.3) is 0 Å². The lowest BCUT2D eigenvalue weighted by Gasteiger charge is -2.28. The van der Waals surface area contributed by atoms with E-state index in [0.29, 0.717) is 25.9 Å². The molecule has 1 fully saturated rings. The predicted molar refractivity (Wildman–Crippen MR) is 86.1 cm³/mol. The summed E-state index contributed by atoms with van der Waals surface area (Å²) in [6, 6.07) is 0. The Kier molecular flexibility index (Phi) is 9.52. The molecule has 0 saturated carbocycles. The molecule has 1 aliphatic heterocycles. The van der Waals surface area contributed by atoms with Crippen LogP contribution < -0.4 is 0 Å². The highest BCUT2D eigenvalue weighted by Crippen LogP contribution is 2.20. The Labute approximate surface area is 138 Å². The number of hydrogen-bond donors (Lipinski definition) is 1. The van der Waals surface area contributed by atoms with E-state index in [1.54, 1.807) is 0 Å². The minimum atomic E-state index is -0.806. The van der Waals surface area contributed by atoms with Crippen LogP contribution in [0.1, 0.15) is 51.4 Å². The van der Waals surface area contributed by atoms with Gasteiger partial charge in [0, 0.05) is 12.8 Å². The monoisotopic (exact) mass is 327 g/mol. The molecular formula is C17H29NO5. The van der Waals surface area contributed by atoms with Crippen molar-refractivity contribution in [1.82, 2.24) is 4.90 Å². The van der Waals surface area contributed by atoms with Gasteiger partial charge in [0.1, 0.15) is 6.29 Å². The van der Waals surface area contributed by atoms with Crippen molar-refractivity contribution in [2.75, 3.05) is 26.7 Å². The largest absolute Gasteiger partial charge is 0.481 e. The molecule has 1 rings (SSSR count). The molecule has 1 saturated heterocycles. The van der Waals surface area contributed by atoms with E-state index in [9.17, 15) is 14.4 Å². The number of esters is 1. The highest BCUT2D eigenvalue weighted by molar-refractivity contribution is 5.72. The minimum Gasteiger partial charge on any atom is -0.481 e. The summed E-state index contributed by atoms with van der Waals surface area (Å²) < 4.78 is 5.47. The number of likely N-dealkylation sites (tertiary alicyclic amines) is 1. The minimum absolute atomic E-state index is 0.0131. The molecule has 0 bridgehead atoms. The third-order valence-electron chi connectivity index (χ3n) is 4.45. The molecule has 1 heterocycles. The molecule has 0 radical (unpaired) electrons. The van der Waals surface area contributed by atoms with E-state index in [4.69, 9.17) is 9.84 Å². The van der Waals surface area contributed by atoms with Gasteiger partial charge in [0.25, 0.3) is 0 Å². The van der Waals surface area contributed by atoms with Crippen molar-refractivity contribution in [2.45, 2.75) is 51.4 Å².